The number of anilines is 1. The summed E-state index contributed by atoms with van der Waals surface area (Å²) in [4.78, 5) is 43.5. The molecule has 0 spiro atoms. The number of ether oxygens (including phenoxy) is 3. The first kappa shape index (κ1) is 23.8. The van der Waals surface area contributed by atoms with E-state index in [9.17, 15) is 14.4 Å². The van der Waals surface area contributed by atoms with Crippen molar-refractivity contribution in [3.8, 4) is 11.5 Å². The van der Waals surface area contributed by atoms with Crippen molar-refractivity contribution in [2.45, 2.75) is 6.61 Å². The Balaban J connectivity index is 1.30. The highest BCUT2D eigenvalue weighted by atomic mass is 35.5. The number of rotatable bonds is 8. The average Bonchev–Trinajstić information content (AvgIpc) is 2.86. The third kappa shape index (κ3) is 6.15. The van der Waals surface area contributed by atoms with Crippen LogP contribution in [0.4, 0.5) is 5.69 Å². The number of H-pyrrole nitrogens is 1. The van der Waals surface area contributed by atoms with Crippen LogP contribution in [0, 0.1) is 0 Å². The summed E-state index contributed by atoms with van der Waals surface area (Å²) in [5, 5.41) is 3.54. The number of amides is 1. The number of carbonyl (C=O) groups is 2. The Morgan fingerprint density at radius 2 is 1.83 bits per heavy atom. The number of benzene rings is 3. The normalized spacial score (nSPS) is 10.6. The zero-order valence-electron chi connectivity index (χ0n) is 18.5. The second-order valence-corrected chi connectivity index (χ2v) is 7.78. The van der Waals surface area contributed by atoms with Gasteiger partial charge in [-0.1, -0.05) is 17.7 Å². The summed E-state index contributed by atoms with van der Waals surface area (Å²) in [5.74, 6) is 0.263. The molecule has 0 aliphatic heterocycles. The third-order valence-electron chi connectivity index (χ3n) is 4.87. The summed E-state index contributed by atoms with van der Waals surface area (Å²) in [7, 11) is 1.54. The van der Waals surface area contributed by atoms with Gasteiger partial charge in [-0.2, -0.15) is 0 Å². The highest BCUT2D eigenvalue weighted by Crippen LogP contribution is 2.18. The minimum absolute atomic E-state index is 0.195. The summed E-state index contributed by atoms with van der Waals surface area (Å²) < 4.78 is 15.8. The summed E-state index contributed by atoms with van der Waals surface area (Å²) in [6.07, 6.45) is 0. The van der Waals surface area contributed by atoms with Gasteiger partial charge in [0.1, 0.15) is 23.9 Å². The highest BCUT2D eigenvalue weighted by Gasteiger charge is 2.11. The molecular formula is C25H20ClN3O6. The van der Waals surface area contributed by atoms with Gasteiger partial charge in [-0.05, 0) is 54.6 Å². The molecule has 0 saturated carbocycles. The zero-order chi connectivity index (χ0) is 24.8. The largest absolute Gasteiger partial charge is 0.497 e. The molecule has 0 aliphatic carbocycles. The van der Waals surface area contributed by atoms with Crippen LogP contribution in [0.5, 0.6) is 11.5 Å². The van der Waals surface area contributed by atoms with Gasteiger partial charge < -0.3 is 24.5 Å². The van der Waals surface area contributed by atoms with E-state index in [0.717, 1.165) is 0 Å². The molecule has 1 aromatic heterocycles. The summed E-state index contributed by atoms with van der Waals surface area (Å²) in [5.41, 5.74) is 0.907. The predicted molar refractivity (Wildman–Crippen MR) is 130 cm³/mol. The molecule has 35 heavy (non-hydrogen) atoms. The van der Waals surface area contributed by atoms with Gasteiger partial charge in [-0.15, -0.1) is 0 Å². The van der Waals surface area contributed by atoms with Gasteiger partial charge in [0.2, 0.25) is 0 Å². The van der Waals surface area contributed by atoms with Crippen LogP contribution in [0.25, 0.3) is 10.9 Å². The topological polar surface area (TPSA) is 120 Å². The average molecular weight is 494 g/mol. The maximum absolute atomic E-state index is 12.4. The fourth-order valence-corrected chi connectivity index (χ4v) is 3.35. The van der Waals surface area contributed by atoms with Crippen LogP contribution in [0.3, 0.4) is 0 Å². The molecular weight excluding hydrogens is 474 g/mol. The monoisotopic (exact) mass is 493 g/mol. The molecule has 4 aromatic rings. The molecule has 0 unspecified atom stereocenters. The summed E-state index contributed by atoms with van der Waals surface area (Å²) >= 11 is 5.96. The SMILES string of the molecule is COc1cccc(NC(=O)COc2ccc(C(=O)OCc3nc4cc(Cl)ccc4c(=O)[nH]3)cc2)c1. The van der Waals surface area contributed by atoms with Gasteiger partial charge >= 0.3 is 5.97 Å². The van der Waals surface area contributed by atoms with Crippen LogP contribution in [-0.2, 0) is 16.1 Å². The molecule has 0 atom stereocenters. The lowest BCUT2D eigenvalue weighted by atomic mass is 10.2. The van der Waals surface area contributed by atoms with Gasteiger partial charge in [0, 0.05) is 16.8 Å². The number of hydrogen-bond donors (Lipinski definition) is 2. The fraction of sp³-hybridized carbons (Fsp3) is 0.120. The van der Waals surface area contributed by atoms with Gasteiger partial charge in [-0.25, -0.2) is 9.78 Å². The number of nitrogens with zero attached hydrogens (tertiary/aromatic N) is 1. The Hall–Kier alpha value is -4.37. The first-order chi connectivity index (χ1) is 16.9. The minimum Gasteiger partial charge on any atom is -0.497 e. The third-order valence-corrected chi connectivity index (χ3v) is 5.11. The van der Waals surface area contributed by atoms with Gasteiger partial charge in [0.25, 0.3) is 11.5 Å². The molecule has 3 aromatic carbocycles. The van der Waals surface area contributed by atoms with Gasteiger partial charge in [0.15, 0.2) is 6.61 Å². The molecule has 1 heterocycles. The lowest BCUT2D eigenvalue weighted by Crippen LogP contribution is -2.20. The van der Waals surface area contributed by atoms with Crippen molar-refractivity contribution in [3.05, 3.63) is 93.5 Å². The van der Waals surface area contributed by atoms with Crippen molar-refractivity contribution in [1.82, 2.24) is 9.97 Å². The van der Waals surface area contributed by atoms with E-state index in [2.05, 4.69) is 15.3 Å². The van der Waals surface area contributed by atoms with E-state index in [0.29, 0.717) is 33.1 Å². The number of nitrogens with one attached hydrogen (secondary N) is 2. The van der Waals surface area contributed by atoms with Crippen molar-refractivity contribution >= 4 is 40.1 Å². The molecule has 0 fully saturated rings. The molecule has 178 valence electrons. The maximum atomic E-state index is 12.4. The number of aromatic amines is 1. The minimum atomic E-state index is -0.610. The van der Waals surface area contributed by atoms with E-state index < -0.39 is 5.97 Å². The maximum Gasteiger partial charge on any atom is 0.338 e. The lowest BCUT2D eigenvalue weighted by molar-refractivity contribution is -0.118. The second kappa shape index (κ2) is 10.7. The number of esters is 1. The van der Waals surface area contributed by atoms with Gasteiger partial charge in [0.05, 0.1) is 23.6 Å². The fourth-order valence-electron chi connectivity index (χ4n) is 3.18. The highest BCUT2D eigenvalue weighted by molar-refractivity contribution is 6.31. The Morgan fingerprint density at radius 1 is 1.03 bits per heavy atom. The van der Waals surface area contributed by atoms with Crippen LogP contribution in [0.2, 0.25) is 5.02 Å². The number of fused-ring (bicyclic) bond motifs is 1. The Labute approximate surface area is 204 Å². The van der Waals surface area contributed by atoms with Crippen LogP contribution in [0.1, 0.15) is 16.2 Å². The number of halogens is 1. The van der Waals surface area contributed by atoms with Crippen LogP contribution in [0.15, 0.2) is 71.5 Å². The molecule has 0 aliphatic rings. The number of carbonyl (C=O) groups excluding carboxylic acids is 2. The van der Waals surface area contributed by atoms with Gasteiger partial charge in [-0.3, -0.25) is 9.59 Å². The molecule has 10 heteroatoms. The van der Waals surface area contributed by atoms with E-state index in [1.54, 1.807) is 61.7 Å². The van der Waals surface area contributed by atoms with Crippen molar-refractivity contribution < 1.29 is 23.8 Å². The molecule has 4 rings (SSSR count). The van der Waals surface area contributed by atoms with Crippen molar-refractivity contribution in [2.75, 3.05) is 19.0 Å². The van der Waals surface area contributed by atoms with Crippen molar-refractivity contribution in [3.63, 3.8) is 0 Å². The van der Waals surface area contributed by atoms with Crippen molar-refractivity contribution in [2.24, 2.45) is 0 Å². The lowest BCUT2D eigenvalue weighted by Gasteiger charge is -2.09. The molecule has 0 saturated heterocycles. The predicted octanol–water partition coefficient (Wildman–Crippen LogP) is 3.96. The first-order valence-electron chi connectivity index (χ1n) is 10.4. The molecule has 1 amide bonds. The van der Waals surface area contributed by atoms with E-state index >= 15 is 0 Å². The molecule has 9 nitrogen and oxygen atoms in total. The van der Waals surface area contributed by atoms with E-state index in [1.165, 1.54) is 12.1 Å². The van der Waals surface area contributed by atoms with Crippen LogP contribution >= 0.6 is 11.6 Å². The Kier molecular flexibility index (Phi) is 7.27. The van der Waals surface area contributed by atoms with Crippen molar-refractivity contribution in [1.29, 1.82) is 0 Å². The summed E-state index contributed by atoms with van der Waals surface area (Å²) in [6.45, 7) is -0.439. The van der Waals surface area contributed by atoms with Crippen LogP contribution < -0.4 is 20.3 Å². The van der Waals surface area contributed by atoms with E-state index in [-0.39, 0.29) is 36.1 Å². The first-order valence-corrected chi connectivity index (χ1v) is 10.8. The molecule has 0 bridgehead atoms. The quantitative estimate of drug-likeness (QED) is 0.356. The van der Waals surface area contributed by atoms with E-state index in [4.69, 9.17) is 25.8 Å². The standard InChI is InChI=1S/C25H20ClN3O6/c1-33-19-4-2-3-17(12-19)27-23(30)14-34-18-8-5-15(6-9-18)25(32)35-13-22-28-21-11-16(26)7-10-20(21)24(31)29-22/h2-12H,13-14H2,1H3,(H,27,30)(H,28,29,31). The number of hydrogen-bond acceptors (Lipinski definition) is 7. The summed E-state index contributed by atoms with van der Waals surface area (Å²) in [6, 6.07) is 17.8. The Bertz CT molecular complexity index is 1440. The Morgan fingerprint density at radius 3 is 2.60 bits per heavy atom. The van der Waals surface area contributed by atoms with E-state index in [1.807, 2.05) is 0 Å². The number of methoxy groups -OCH3 is 1. The smallest absolute Gasteiger partial charge is 0.338 e. The number of aromatic nitrogens is 2. The second-order valence-electron chi connectivity index (χ2n) is 7.34. The van der Waals surface area contributed by atoms with Crippen LogP contribution in [-0.4, -0.2) is 35.6 Å². The molecule has 0 radical (unpaired) electrons. The zero-order valence-corrected chi connectivity index (χ0v) is 19.3. The molecule has 2 N–H and O–H groups in total.